The van der Waals surface area contributed by atoms with Gasteiger partial charge in [-0.2, -0.15) is 0 Å². The molecule has 122 valence electrons. The molecule has 1 aliphatic carbocycles. The maximum absolute atomic E-state index is 12.2. The number of benzene rings is 2. The first-order valence-electron chi connectivity index (χ1n) is 7.89. The first kappa shape index (κ1) is 15.0. The Bertz CT molecular complexity index is 989. The molecule has 1 atom stereocenters. The van der Waals surface area contributed by atoms with Crippen molar-refractivity contribution in [3.8, 4) is 0 Å². The van der Waals surface area contributed by atoms with Gasteiger partial charge in [0.25, 0.3) is 0 Å². The summed E-state index contributed by atoms with van der Waals surface area (Å²) in [7, 11) is 0. The van der Waals surface area contributed by atoms with Crippen molar-refractivity contribution in [2.75, 3.05) is 10.6 Å². The summed E-state index contributed by atoms with van der Waals surface area (Å²) in [6.45, 7) is 2.24. The molecule has 4 rings (SSSR count). The third kappa shape index (κ3) is 2.92. The number of carbonyl (C=O) groups is 1. The zero-order valence-electron chi connectivity index (χ0n) is 13.2. The number of aromatic amines is 1. The standard InChI is InChI=1S/C18H17N3O2S/c1-10-6-11-2-3-13(8-12(11)7-10)19-17(22)20-14-4-5-16-15(9-14)21-18(23)24-16/h2-5,8-10H,6-7H2,1H3,(H,21,23)(H2,19,20,22). The second-order valence-electron chi connectivity index (χ2n) is 6.30. The van der Waals surface area contributed by atoms with Crippen LogP contribution in [0.1, 0.15) is 18.1 Å². The molecule has 0 radical (unpaired) electrons. The third-order valence-corrected chi connectivity index (χ3v) is 5.14. The van der Waals surface area contributed by atoms with Crippen LogP contribution in [0.4, 0.5) is 16.2 Å². The van der Waals surface area contributed by atoms with E-state index in [1.165, 1.54) is 11.1 Å². The minimum Gasteiger partial charge on any atom is -0.312 e. The molecular formula is C18H17N3O2S. The quantitative estimate of drug-likeness (QED) is 0.661. The zero-order valence-corrected chi connectivity index (χ0v) is 14.0. The summed E-state index contributed by atoms with van der Waals surface area (Å²) in [5.74, 6) is 0.670. The summed E-state index contributed by atoms with van der Waals surface area (Å²) in [4.78, 5) is 26.2. The molecule has 0 aliphatic heterocycles. The molecule has 0 bridgehead atoms. The topological polar surface area (TPSA) is 74.0 Å². The van der Waals surface area contributed by atoms with Crippen molar-refractivity contribution in [3.63, 3.8) is 0 Å². The van der Waals surface area contributed by atoms with Crippen molar-refractivity contribution in [1.29, 1.82) is 0 Å². The monoisotopic (exact) mass is 339 g/mol. The van der Waals surface area contributed by atoms with Crippen LogP contribution in [-0.4, -0.2) is 11.0 Å². The Kier molecular flexibility index (Phi) is 3.61. The molecule has 2 amide bonds. The van der Waals surface area contributed by atoms with Crippen molar-refractivity contribution in [2.24, 2.45) is 5.92 Å². The molecule has 6 heteroatoms. The molecule has 5 nitrogen and oxygen atoms in total. The van der Waals surface area contributed by atoms with Gasteiger partial charge in [0.2, 0.25) is 0 Å². The van der Waals surface area contributed by atoms with E-state index in [1.807, 2.05) is 12.1 Å². The summed E-state index contributed by atoms with van der Waals surface area (Å²) in [6.07, 6.45) is 2.18. The molecular weight excluding hydrogens is 322 g/mol. The minimum atomic E-state index is -0.294. The molecule has 24 heavy (non-hydrogen) atoms. The maximum atomic E-state index is 12.2. The second-order valence-corrected chi connectivity index (χ2v) is 7.32. The van der Waals surface area contributed by atoms with Crippen LogP contribution in [-0.2, 0) is 12.8 Å². The number of anilines is 2. The second kappa shape index (κ2) is 5.79. The number of carbonyl (C=O) groups excluding carboxylic acids is 1. The van der Waals surface area contributed by atoms with Gasteiger partial charge in [0.15, 0.2) is 0 Å². The first-order valence-corrected chi connectivity index (χ1v) is 8.71. The number of hydrogen-bond acceptors (Lipinski definition) is 3. The van der Waals surface area contributed by atoms with Gasteiger partial charge < -0.3 is 15.6 Å². The summed E-state index contributed by atoms with van der Waals surface area (Å²) < 4.78 is 0.874. The Morgan fingerprint density at radius 1 is 1.08 bits per heavy atom. The van der Waals surface area contributed by atoms with Gasteiger partial charge in [-0.1, -0.05) is 24.3 Å². The molecule has 0 spiro atoms. The highest BCUT2D eigenvalue weighted by molar-refractivity contribution is 7.16. The van der Waals surface area contributed by atoms with E-state index in [0.29, 0.717) is 11.6 Å². The van der Waals surface area contributed by atoms with Gasteiger partial charge in [-0.05, 0) is 60.2 Å². The van der Waals surface area contributed by atoms with E-state index in [9.17, 15) is 9.59 Å². The van der Waals surface area contributed by atoms with E-state index in [1.54, 1.807) is 12.1 Å². The van der Waals surface area contributed by atoms with Gasteiger partial charge in [0, 0.05) is 11.4 Å². The highest BCUT2D eigenvalue weighted by atomic mass is 32.1. The van der Waals surface area contributed by atoms with Crippen molar-refractivity contribution in [3.05, 3.63) is 57.2 Å². The predicted molar refractivity (Wildman–Crippen MR) is 98.1 cm³/mol. The van der Waals surface area contributed by atoms with Crippen LogP contribution in [0.3, 0.4) is 0 Å². The SMILES string of the molecule is CC1Cc2ccc(NC(=O)Nc3ccc4sc(=O)[nH]c4c3)cc2C1. The first-order chi connectivity index (χ1) is 11.6. The lowest BCUT2D eigenvalue weighted by atomic mass is 10.1. The number of hydrogen-bond donors (Lipinski definition) is 3. The van der Waals surface area contributed by atoms with Crippen LogP contribution >= 0.6 is 11.3 Å². The van der Waals surface area contributed by atoms with Crippen LogP contribution in [0.15, 0.2) is 41.2 Å². The Balaban J connectivity index is 1.48. The molecule has 1 unspecified atom stereocenters. The van der Waals surface area contributed by atoms with E-state index in [0.717, 1.165) is 40.1 Å². The molecule has 0 saturated carbocycles. The number of nitrogens with one attached hydrogen (secondary N) is 3. The molecule has 1 aliphatic rings. The third-order valence-electron chi connectivity index (χ3n) is 4.28. The molecule has 3 aromatic rings. The van der Waals surface area contributed by atoms with Gasteiger partial charge >= 0.3 is 10.9 Å². The highest BCUT2D eigenvalue weighted by Gasteiger charge is 2.18. The molecule has 2 aromatic carbocycles. The van der Waals surface area contributed by atoms with Crippen LogP contribution < -0.4 is 15.5 Å². The predicted octanol–water partition coefficient (Wildman–Crippen LogP) is 3.97. The summed E-state index contributed by atoms with van der Waals surface area (Å²) >= 11 is 1.15. The lowest BCUT2D eigenvalue weighted by Gasteiger charge is -2.09. The van der Waals surface area contributed by atoms with Crippen LogP contribution in [0.25, 0.3) is 10.2 Å². The Morgan fingerprint density at radius 3 is 2.62 bits per heavy atom. The molecule has 0 saturated heterocycles. The zero-order chi connectivity index (χ0) is 16.7. The highest BCUT2D eigenvalue weighted by Crippen LogP contribution is 2.28. The van der Waals surface area contributed by atoms with Gasteiger partial charge in [0.05, 0.1) is 10.2 Å². The number of urea groups is 1. The van der Waals surface area contributed by atoms with E-state index in [-0.39, 0.29) is 10.9 Å². The number of amides is 2. The van der Waals surface area contributed by atoms with Gasteiger partial charge in [-0.3, -0.25) is 4.79 Å². The number of fused-ring (bicyclic) bond motifs is 2. The smallest absolute Gasteiger partial charge is 0.312 e. The van der Waals surface area contributed by atoms with E-state index < -0.39 is 0 Å². The maximum Gasteiger partial charge on any atom is 0.323 e. The average Bonchev–Trinajstić information content (AvgIpc) is 3.06. The van der Waals surface area contributed by atoms with Crippen LogP contribution in [0.2, 0.25) is 0 Å². The lowest BCUT2D eigenvalue weighted by Crippen LogP contribution is -2.19. The van der Waals surface area contributed by atoms with Crippen molar-refractivity contribution in [1.82, 2.24) is 4.98 Å². The molecule has 1 heterocycles. The lowest BCUT2D eigenvalue weighted by molar-refractivity contribution is 0.262. The van der Waals surface area contributed by atoms with Gasteiger partial charge in [-0.25, -0.2) is 4.79 Å². The van der Waals surface area contributed by atoms with E-state index in [2.05, 4.69) is 34.7 Å². The van der Waals surface area contributed by atoms with Crippen molar-refractivity contribution in [2.45, 2.75) is 19.8 Å². The van der Waals surface area contributed by atoms with Crippen molar-refractivity contribution >= 4 is 39.0 Å². The Labute approximate surface area is 142 Å². The van der Waals surface area contributed by atoms with Crippen LogP contribution in [0, 0.1) is 5.92 Å². The summed E-state index contributed by atoms with van der Waals surface area (Å²) in [6, 6.07) is 11.2. The Morgan fingerprint density at radius 2 is 1.79 bits per heavy atom. The van der Waals surface area contributed by atoms with Crippen molar-refractivity contribution < 1.29 is 4.79 Å². The summed E-state index contributed by atoms with van der Waals surface area (Å²) in [5, 5.41) is 5.67. The largest absolute Gasteiger partial charge is 0.323 e. The number of rotatable bonds is 2. The minimum absolute atomic E-state index is 0.0982. The normalized spacial score (nSPS) is 16.1. The van der Waals surface area contributed by atoms with Gasteiger partial charge in [-0.15, -0.1) is 0 Å². The number of aromatic nitrogens is 1. The summed E-state index contributed by atoms with van der Waals surface area (Å²) in [5.41, 5.74) is 4.86. The average molecular weight is 339 g/mol. The number of H-pyrrole nitrogens is 1. The fourth-order valence-electron chi connectivity index (χ4n) is 3.24. The van der Waals surface area contributed by atoms with E-state index in [4.69, 9.17) is 0 Å². The molecule has 0 fully saturated rings. The molecule has 1 aromatic heterocycles. The Hall–Kier alpha value is -2.60. The fourth-order valence-corrected chi connectivity index (χ4v) is 3.96. The van der Waals surface area contributed by atoms with Crippen LogP contribution in [0.5, 0.6) is 0 Å². The van der Waals surface area contributed by atoms with E-state index >= 15 is 0 Å². The molecule has 3 N–H and O–H groups in total. The number of thiazole rings is 1. The fraction of sp³-hybridized carbons (Fsp3) is 0.222. The van der Waals surface area contributed by atoms with Gasteiger partial charge in [0.1, 0.15) is 0 Å².